The first kappa shape index (κ1) is 15.3. The van der Waals surface area contributed by atoms with Crippen molar-refractivity contribution in [2.75, 3.05) is 7.11 Å². The van der Waals surface area contributed by atoms with Crippen molar-refractivity contribution in [3.8, 4) is 5.75 Å². The fourth-order valence-electron chi connectivity index (χ4n) is 2.45. The summed E-state index contributed by atoms with van der Waals surface area (Å²) >= 11 is 0. The second-order valence-corrected chi connectivity index (χ2v) is 5.08. The van der Waals surface area contributed by atoms with Crippen molar-refractivity contribution in [1.29, 1.82) is 0 Å². The van der Waals surface area contributed by atoms with Gasteiger partial charge in [0.2, 0.25) is 0 Å². The Morgan fingerprint density at radius 1 is 1.33 bits per heavy atom. The van der Waals surface area contributed by atoms with Crippen molar-refractivity contribution in [3.63, 3.8) is 0 Å². The number of carbonyl (C=O) groups is 1. The zero-order valence-corrected chi connectivity index (χ0v) is 12.4. The Bertz CT molecular complexity index is 624. The number of ether oxygens (including phenoxy) is 1. The predicted octanol–water partition coefficient (Wildman–Crippen LogP) is 3.19. The highest BCUT2D eigenvalue weighted by Crippen LogP contribution is 2.27. The zero-order valence-electron chi connectivity index (χ0n) is 12.4. The molecule has 0 bridgehead atoms. The molecule has 0 fully saturated rings. The van der Waals surface area contributed by atoms with E-state index in [1.807, 2.05) is 37.3 Å². The van der Waals surface area contributed by atoms with Crippen LogP contribution < -0.4 is 10.1 Å². The third-order valence-corrected chi connectivity index (χ3v) is 3.53. The van der Waals surface area contributed by atoms with Gasteiger partial charge in [0, 0.05) is 11.9 Å². The summed E-state index contributed by atoms with van der Waals surface area (Å²) in [7, 11) is 1.65. The minimum absolute atomic E-state index is 0.507. The van der Waals surface area contributed by atoms with Crippen LogP contribution >= 0.6 is 0 Å². The van der Waals surface area contributed by atoms with E-state index in [0.29, 0.717) is 13.0 Å². The standard InChI is InChI=1S/C17H21NO3/c1-3-6-15(17(19)20)18-11-12-9-13-7-4-5-8-14(13)16(10-12)21-2/h4-5,7-10,15,18H,3,6,11H2,1-2H3,(H,19,20). The molecule has 0 aliphatic rings. The Morgan fingerprint density at radius 2 is 2.10 bits per heavy atom. The molecule has 1 unspecified atom stereocenters. The van der Waals surface area contributed by atoms with E-state index >= 15 is 0 Å². The van der Waals surface area contributed by atoms with E-state index in [2.05, 4.69) is 11.4 Å². The van der Waals surface area contributed by atoms with Crippen molar-refractivity contribution in [3.05, 3.63) is 42.0 Å². The van der Waals surface area contributed by atoms with Gasteiger partial charge in [-0.05, 0) is 29.5 Å². The molecule has 2 aromatic rings. The zero-order chi connectivity index (χ0) is 15.2. The molecule has 0 spiro atoms. The Kier molecular flexibility index (Phi) is 5.17. The molecule has 0 aliphatic carbocycles. The van der Waals surface area contributed by atoms with E-state index in [4.69, 9.17) is 9.84 Å². The fourth-order valence-corrected chi connectivity index (χ4v) is 2.45. The lowest BCUT2D eigenvalue weighted by Gasteiger charge is -2.15. The number of carboxylic acid groups (broad SMARTS) is 1. The summed E-state index contributed by atoms with van der Waals surface area (Å²) in [5.41, 5.74) is 1.02. The molecular formula is C17H21NO3. The molecular weight excluding hydrogens is 266 g/mol. The average Bonchev–Trinajstić information content (AvgIpc) is 2.50. The second-order valence-electron chi connectivity index (χ2n) is 5.08. The Balaban J connectivity index is 2.20. The minimum atomic E-state index is -0.801. The van der Waals surface area contributed by atoms with Crippen molar-refractivity contribution in [1.82, 2.24) is 5.32 Å². The van der Waals surface area contributed by atoms with E-state index in [1.165, 1.54) is 0 Å². The molecule has 2 rings (SSSR count). The molecule has 21 heavy (non-hydrogen) atoms. The highest BCUT2D eigenvalue weighted by atomic mass is 16.5. The molecule has 2 aromatic carbocycles. The maximum absolute atomic E-state index is 11.2. The van der Waals surface area contributed by atoms with Crippen molar-refractivity contribution < 1.29 is 14.6 Å². The molecule has 4 nitrogen and oxygen atoms in total. The Labute approximate surface area is 124 Å². The van der Waals surface area contributed by atoms with Crippen LogP contribution in [0.15, 0.2) is 36.4 Å². The predicted molar refractivity (Wildman–Crippen MR) is 83.7 cm³/mol. The van der Waals surface area contributed by atoms with Gasteiger partial charge in [0.15, 0.2) is 0 Å². The van der Waals surface area contributed by atoms with E-state index in [-0.39, 0.29) is 0 Å². The van der Waals surface area contributed by atoms with E-state index in [1.54, 1.807) is 7.11 Å². The highest BCUT2D eigenvalue weighted by molar-refractivity contribution is 5.89. The van der Waals surface area contributed by atoms with Gasteiger partial charge in [-0.2, -0.15) is 0 Å². The molecule has 0 aromatic heterocycles. The van der Waals surface area contributed by atoms with E-state index in [0.717, 1.165) is 28.5 Å². The van der Waals surface area contributed by atoms with Gasteiger partial charge in [0.25, 0.3) is 0 Å². The maximum Gasteiger partial charge on any atom is 0.320 e. The van der Waals surface area contributed by atoms with Gasteiger partial charge in [-0.3, -0.25) is 4.79 Å². The van der Waals surface area contributed by atoms with Crippen molar-refractivity contribution in [2.24, 2.45) is 0 Å². The lowest BCUT2D eigenvalue weighted by molar-refractivity contribution is -0.139. The van der Waals surface area contributed by atoms with Crippen LogP contribution in [0.2, 0.25) is 0 Å². The summed E-state index contributed by atoms with van der Waals surface area (Å²) in [6.45, 7) is 2.49. The first-order valence-corrected chi connectivity index (χ1v) is 7.17. The third kappa shape index (κ3) is 3.73. The van der Waals surface area contributed by atoms with Crippen LogP contribution in [0, 0.1) is 0 Å². The molecule has 0 aliphatic heterocycles. The lowest BCUT2D eigenvalue weighted by atomic mass is 10.1. The molecule has 0 saturated heterocycles. The van der Waals surface area contributed by atoms with Gasteiger partial charge in [-0.25, -0.2) is 0 Å². The van der Waals surface area contributed by atoms with Crippen LogP contribution in [0.5, 0.6) is 5.75 Å². The summed E-state index contributed by atoms with van der Waals surface area (Å²) in [6, 6.07) is 11.5. The van der Waals surface area contributed by atoms with Crippen molar-refractivity contribution >= 4 is 16.7 Å². The molecule has 0 saturated carbocycles. The van der Waals surface area contributed by atoms with Gasteiger partial charge in [-0.15, -0.1) is 0 Å². The second kappa shape index (κ2) is 7.09. The number of aliphatic carboxylic acids is 1. The first-order chi connectivity index (χ1) is 10.2. The monoisotopic (exact) mass is 287 g/mol. The van der Waals surface area contributed by atoms with Crippen LogP contribution in [0.3, 0.4) is 0 Å². The van der Waals surface area contributed by atoms with E-state index < -0.39 is 12.0 Å². The largest absolute Gasteiger partial charge is 0.496 e. The smallest absolute Gasteiger partial charge is 0.320 e. The fraction of sp³-hybridized carbons (Fsp3) is 0.353. The van der Waals surface area contributed by atoms with Crippen LogP contribution in [0.25, 0.3) is 10.8 Å². The summed E-state index contributed by atoms with van der Waals surface area (Å²) in [6.07, 6.45) is 1.46. The molecule has 2 N–H and O–H groups in total. The summed E-state index contributed by atoms with van der Waals surface area (Å²) in [5.74, 6) is 0.0110. The molecule has 0 radical (unpaired) electrons. The highest BCUT2D eigenvalue weighted by Gasteiger charge is 2.15. The number of fused-ring (bicyclic) bond motifs is 1. The van der Waals surface area contributed by atoms with E-state index in [9.17, 15) is 4.79 Å². The number of methoxy groups -OCH3 is 1. The SMILES string of the molecule is CCCC(NCc1cc(OC)c2ccccc2c1)C(=O)O. The summed E-state index contributed by atoms with van der Waals surface area (Å²) in [5, 5.41) is 14.4. The van der Waals surface area contributed by atoms with Crippen molar-refractivity contribution in [2.45, 2.75) is 32.4 Å². The quantitative estimate of drug-likeness (QED) is 0.821. The van der Waals surface area contributed by atoms with Crippen LogP contribution in [-0.2, 0) is 11.3 Å². The average molecular weight is 287 g/mol. The topological polar surface area (TPSA) is 58.6 Å². The Morgan fingerprint density at radius 3 is 2.76 bits per heavy atom. The number of nitrogens with one attached hydrogen (secondary N) is 1. The number of carboxylic acids is 1. The number of rotatable bonds is 7. The number of hydrogen-bond acceptors (Lipinski definition) is 3. The van der Waals surface area contributed by atoms with Gasteiger partial charge in [0.1, 0.15) is 11.8 Å². The Hall–Kier alpha value is -2.07. The molecule has 0 heterocycles. The van der Waals surface area contributed by atoms with Gasteiger partial charge in [-0.1, -0.05) is 37.6 Å². The molecule has 1 atom stereocenters. The number of hydrogen-bond donors (Lipinski definition) is 2. The third-order valence-electron chi connectivity index (χ3n) is 3.53. The minimum Gasteiger partial charge on any atom is -0.496 e. The summed E-state index contributed by atoms with van der Waals surface area (Å²) < 4.78 is 5.43. The van der Waals surface area contributed by atoms with Gasteiger partial charge < -0.3 is 15.2 Å². The molecule has 4 heteroatoms. The van der Waals surface area contributed by atoms with Crippen LogP contribution in [0.4, 0.5) is 0 Å². The summed E-state index contributed by atoms with van der Waals surface area (Å²) in [4.78, 5) is 11.2. The van der Waals surface area contributed by atoms with Gasteiger partial charge in [0.05, 0.1) is 7.11 Å². The van der Waals surface area contributed by atoms with Gasteiger partial charge >= 0.3 is 5.97 Å². The molecule has 0 amide bonds. The lowest BCUT2D eigenvalue weighted by Crippen LogP contribution is -2.35. The van der Waals surface area contributed by atoms with Crippen LogP contribution in [0.1, 0.15) is 25.3 Å². The molecule has 112 valence electrons. The maximum atomic E-state index is 11.2. The number of benzene rings is 2. The first-order valence-electron chi connectivity index (χ1n) is 7.17. The normalized spacial score (nSPS) is 12.3. The van der Waals surface area contributed by atoms with Crippen LogP contribution in [-0.4, -0.2) is 24.2 Å².